The Morgan fingerprint density at radius 3 is 2.59 bits per heavy atom. The van der Waals surface area contributed by atoms with E-state index in [1.807, 2.05) is 13.0 Å². The Hall–Kier alpha value is -1.86. The molecule has 0 saturated carbocycles. The molecule has 0 radical (unpaired) electrons. The maximum atomic E-state index is 13.1. The molecule has 0 bridgehead atoms. The molecule has 0 aliphatic carbocycles. The van der Waals surface area contributed by atoms with Crippen molar-refractivity contribution in [2.24, 2.45) is 5.92 Å². The maximum absolute atomic E-state index is 13.1. The van der Waals surface area contributed by atoms with Gasteiger partial charge in [-0.25, -0.2) is 4.79 Å². The van der Waals surface area contributed by atoms with Crippen molar-refractivity contribution in [2.75, 3.05) is 27.1 Å². The summed E-state index contributed by atoms with van der Waals surface area (Å²) in [6.45, 7) is 10.2. The minimum atomic E-state index is -1.15. The van der Waals surface area contributed by atoms with E-state index < -0.39 is 14.1 Å². The van der Waals surface area contributed by atoms with Crippen molar-refractivity contribution in [3.05, 3.63) is 29.8 Å². The minimum Gasteiger partial charge on any atom is -0.467 e. The highest BCUT2D eigenvalue weighted by Crippen LogP contribution is 2.28. The normalized spacial score (nSPS) is 19.8. The van der Waals surface area contributed by atoms with Gasteiger partial charge in [-0.3, -0.25) is 4.79 Å². The van der Waals surface area contributed by atoms with E-state index in [4.69, 9.17) is 14.2 Å². The first-order valence-corrected chi connectivity index (χ1v) is 13.1. The Kier molecular flexibility index (Phi) is 7.44. The number of para-hydroxylation sites is 1. The molecule has 0 N–H and O–H groups in total. The smallest absolute Gasteiger partial charge is 0.328 e. The van der Waals surface area contributed by atoms with Crippen molar-refractivity contribution in [3.8, 4) is 5.75 Å². The standard InChI is InChI=1S/C20H31NO5Si/c1-15-12-17(20(23)24-2)21(13-15)19(22)16-8-6-7-9-18(16)26-14-25-10-11-27(3,4)5/h6-9,15,17H,10-14H2,1-5H3/t15-,17+/m1/s1. The number of likely N-dealkylation sites (tertiary alicyclic amines) is 1. The summed E-state index contributed by atoms with van der Waals surface area (Å²) in [6.07, 6.45) is 0.612. The highest BCUT2D eigenvalue weighted by atomic mass is 28.3. The molecule has 150 valence electrons. The lowest BCUT2D eigenvalue weighted by Crippen LogP contribution is -2.41. The van der Waals surface area contributed by atoms with Crippen LogP contribution in [0.5, 0.6) is 5.75 Å². The van der Waals surface area contributed by atoms with Gasteiger partial charge in [0.2, 0.25) is 0 Å². The molecular weight excluding hydrogens is 362 g/mol. The van der Waals surface area contributed by atoms with Gasteiger partial charge in [0.15, 0.2) is 6.79 Å². The van der Waals surface area contributed by atoms with Gasteiger partial charge in [0.25, 0.3) is 5.91 Å². The number of hydrogen-bond acceptors (Lipinski definition) is 5. The molecule has 0 aromatic heterocycles. The van der Waals surface area contributed by atoms with Crippen molar-refractivity contribution in [1.29, 1.82) is 0 Å². The molecule has 1 amide bonds. The molecule has 1 heterocycles. The number of carbonyl (C=O) groups excluding carboxylic acids is 2. The molecule has 6 nitrogen and oxygen atoms in total. The number of hydrogen-bond donors (Lipinski definition) is 0. The van der Waals surface area contributed by atoms with Crippen LogP contribution in [0.3, 0.4) is 0 Å². The summed E-state index contributed by atoms with van der Waals surface area (Å²) < 4.78 is 16.2. The van der Waals surface area contributed by atoms with Gasteiger partial charge in [-0.2, -0.15) is 0 Å². The van der Waals surface area contributed by atoms with E-state index in [9.17, 15) is 9.59 Å². The Balaban J connectivity index is 2.03. The van der Waals surface area contributed by atoms with Gasteiger partial charge in [0, 0.05) is 21.2 Å². The van der Waals surface area contributed by atoms with Crippen LogP contribution in [0, 0.1) is 5.92 Å². The van der Waals surface area contributed by atoms with Crippen molar-refractivity contribution in [3.63, 3.8) is 0 Å². The topological polar surface area (TPSA) is 65.1 Å². The molecule has 0 spiro atoms. The van der Waals surface area contributed by atoms with Gasteiger partial charge in [-0.15, -0.1) is 0 Å². The lowest BCUT2D eigenvalue weighted by atomic mass is 10.1. The van der Waals surface area contributed by atoms with E-state index in [0.29, 0.717) is 30.9 Å². The monoisotopic (exact) mass is 393 g/mol. The third kappa shape index (κ3) is 6.07. The van der Waals surface area contributed by atoms with Gasteiger partial charge in [0.1, 0.15) is 11.8 Å². The Labute approximate surface area is 162 Å². The molecule has 1 fully saturated rings. The quantitative estimate of drug-likeness (QED) is 0.293. The molecule has 1 aromatic carbocycles. The predicted octanol–water partition coefficient (Wildman–Crippen LogP) is 3.40. The highest BCUT2D eigenvalue weighted by molar-refractivity contribution is 6.76. The van der Waals surface area contributed by atoms with E-state index >= 15 is 0 Å². The number of carbonyl (C=O) groups is 2. The second-order valence-corrected chi connectivity index (χ2v) is 13.9. The molecule has 1 saturated heterocycles. The number of amides is 1. The van der Waals surface area contributed by atoms with Crippen LogP contribution >= 0.6 is 0 Å². The number of nitrogens with zero attached hydrogens (tertiary/aromatic N) is 1. The first-order chi connectivity index (χ1) is 12.7. The summed E-state index contributed by atoms with van der Waals surface area (Å²) in [5, 5.41) is 0. The molecule has 27 heavy (non-hydrogen) atoms. The Morgan fingerprint density at radius 1 is 1.22 bits per heavy atom. The van der Waals surface area contributed by atoms with E-state index in [-0.39, 0.29) is 24.6 Å². The van der Waals surface area contributed by atoms with Crippen LogP contribution in [0.4, 0.5) is 0 Å². The average molecular weight is 394 g/mol. The first-order valence-electron chi connectivity index (χ1n) is 9.41. The number of methoxy groups -OCH3 is 1. The average Bonchev–Trinajstić information content (AvgIpc) is 3.01. The van der Waals surface area contributed by atoms with Crippen LogP contribution < -0.4 is 4.74 Å². The van der Waals surface area contributed by atoms with Crippen LogP contribution in [-0.2, 0) is 14.3 Å². The fourth-order valence-corrected chi connectivity index (χ4v) is 3.85. The fourth-order valence-electron chi connectivity index (χ4n) is 3.10. The maximum Gasteiger partial charge on any atom is 0.328 e. The second kappa shape index (κ2) is 9.37. The van der Waals surface area contributed by atoms with E-state index in [1.165, 1.54) is 7.11 Å². The predicted molar refractivity (Wildman–Crippen MR) is 107 cm³/mol. The van der Waals surface area contributed by atoms with Crippen LogP contribution in [0.2, 0.25) is 25.7 Å². The highest BCUT2D eigenvalue weighted by Gasteiger charge is 2.39. The van der Waals surface area contributed by atoms with E-state index in [1.54, 1.807) is 23.1 Å². The summed E-state index contributed by atoms with van der Waals surface area (Å²) in [4.78, 5) is 26.7. The third-order valence-corrected chi connectivity index (χ3v) is 6.36. The number of rotatable bonds is 8. The van der Waals surface area contributed by atoms with Gasteiger partial charge < -0.3 is 19.1 Å². The SMILES string of the molecule is COC(=O)[C@@H]1C[C@@H](C)CN1C(=O)c1ccccc1OCOCC[Si](C)(C)C. The molecule has 7 heteroatoms. The van der Waals surface area contributed by atoms with Crippen LogP contribution in [0.1, 0.15) is 23.7 Å². The molecule has 0 unspecified atom stereocenters. The Bertz CT molecular complexity index is 658. The first kappa shape index (κ1) is 21.4. The summed E-state index contributed by atoms with van der Waals surface area (Å²) in [5.41, 5.74) is 0.439. The van der Waals surface area contributed by atoms with Crippen molar-refractivity contribution < 1.29 is 23.8 Å². The van der Waals surface area contributed by atoms with Crippen LogP contribution in [0.25, 0.3) is 0 Å². The van der Waals surface area contributed by atoms with Crippen LogP contribution in [0.15, 0.2) is 24.3 Å². The fraction of sp³-hybridized carbons (Fsp3) is 0.600. The zero-order chi connectivity index (χ0) is 20.0. The lowest BCUT2D eigenvalue weighted by molar-refractivity contribution is -0.145. The van der Waals surface area contributed by atoms with Crippen molar-refractivity contribution in [2.45, 2.75) is 45.1 Å². The van der Waals surface area contributed by atoms with Crippen molar-refractivity contribution >= 4 is 20.0 Å². The van der Waals surface area contributed by atoms with Crippen molar-refractivity contribution in [1.82, 2.24) is 4.90 Å². The largest absolute Gasteiger partial charge is 0.467 e. The summed E-state index contributed by atoms with van der Waals surface area (Å²) in [5.74, 6) is 0.128. The number of esters is 1. The molecule has 1 aliphatic rings. The van der Waals surface area contributed by atoms with Gasteiger partial charge >= 0.3 is 5.97 Å². The molecule has 1 aromatic rings. The zero-order valence-electron chi connectivity index (χ0n) is 17.0. The third-order valence-electron chi connectivity index (χ3n) is 4.66. The molecular formula is C20H31NO5Si. The van der Waals surface area contributed by atoms with Gasteiger partial charge in [0.05, 0.1) is 12.7 Å². The molecule has 2 rings (SSSR count). The minimum absolute atomic E-state index is 0.103. The van der Waals surface area contributed by atoms with Gasteiger partial charge in [-0.05, 0) is 30.5 Å². The second-order valence-electron chi connectivity index (χ2n) is 8.31. The summed E-state index contributed by atoms with van der Waals surface area (Å²) in [6, 6.07) is 7.60. The lowest BCUT2D eigenvalue weighted by Gasteiger charge is -2.23. The van der Waals surface area contributed by atoms with Crippen LogP contribution in [-0.4, -0.2) is 57.9 Å². The molecule has 2 atom stereocenters. The van der Waals surface area contributed by atoms with Gasteiger partial charge in [-0.1, -0.05) is 38.7 Å². The van der Waals surface area contributed by atoms with E-state index in [0.717, 1.165) is 6.04 Å². The summed E-state index contributed by atoms with van der Waals surface area (Å²) in [7, 11) is 0.203. The molecule has 1 aliphatic heterocycles. The summed E-state index contributed by atoms with van der Waals surface area (Å²) >= 11 is 0. The zero-order valence-corrected chi connectivity index (χ0v) is 18.0. The number of ether oxygens (including phenoxy) is 3. The van der Waals surface area contributed by atoms with E-state index in [2.05, 4.69) is 19.6 Å². The Morgan fingerprint density at radius 2 is 1.93 bits per heavy atom. The number of benzene rings is 1.